The van der Waals surface area contributed by atoms with Gasteiger partial charge in [-0.1, -0.05) is 18.2 Å². The molecule has 1 aromatic heterocycles. The molecule has 0 aliphatic carbocycles. The Morgan fingerprint density at radius 3 is 2.14 bits per heavy atom. The Bertz CT molecular complexity index is 1450. The van der Waals surface area contributed by atoms with Crippen molar-refractivity contribution in [3.8, 4) is 5.88 Å². The van der Waals surface area contributed by atoms with Gasteiger partial charge in [0, 0.05) is 24.7 Å². The summed E-state index contributed by atoms with van der Waals surface area (Å²) in [6, 6.07) is 9.69. The van der Waals surface area contributed by atoms with Gasteiger partial charge in [-0.25, -0.2) is 9.37 Å². The van der Waals surface area contributed by atoms with Gasteiger partial charge in [-0.15, -0.1) is 0 Å². The third kappa shape index (κ3) is 5.99. The zero-order valence-corrected chi connectivity index (χ0v) is 22.3. The van der Waals surface area contributed by atoms with Crippen molar-refractivity contribution in [2.75, 3.05) is 13.7 Å². The molecule has 0 bridgehead atoms. The first-order chi connectivity index (χ1) is 19.7. The summed E-state index contributed by atoms with van der Waals surface area (Å²) in [7, 11) is 1.47. The van der Waals surface area contributed by atoms with Gasteiger partial charge in [-0.05, 0) is 65.6 Å². The number of methoxy groups -OCH3 is 1. The Labute approximate surface area is 236 Å². The van der Waals surface area contributed by atoms with Crippen molar-refractivity contribution in [3.05, 3.63) is 101 Å². The lowest BCUT2D eigenvalue weighted by atomic mass is 9.86. The topological polar surface area (TPSA) is 51.7 Å². The summed E-state index contributed by atoms with van der Waals surface area (Å²) in [5.74, 6) is -0.939. The molecule has 42 heavy (non-hydrogen) atoms. The maximum absolute atomic E-state index is 13.8. The number of nitrogens with zero attached hydrogens (tertiary/aromatic N) is 2. The van der Waals surface area contributed by atoms with Gasteiger partial charge in [0.1, 0.15) is 5.82 Å². The molecule has 5 nitrogen and oxygen atoms in total. The van der Waals surface area contributed by atoms with Crippen molar-refractivity contribution in [1.29, 1.82) is 0 Å². The molecule has 0 N–H and O–H groups in total. The van der Waals surface area contributed by atoms with Crippen LogP contribution in [0.25, 0.3) is 5.57 Å². The molecule has 3 aromatic rings. The van der Waals surface area contributed by atoms with Crippen LogP contribution in [0.15, 0.2) is 66.9 Å². The normalized spacial score (nSPS) is 21.6. The second-order valence-electron chi connectivity index (χ2n) is 10.2. The standard InChI is InChI=1S/C30H25F7N2O3/c1-16(19-9-21(29(32,33)34)13-22(10-19)30(35,36)37)42-25-15-39-24(28(25)17-3-6-23(31)7-4-17)11-20(12-27(39)40)18-5-8-26(41-2)38-14-18/h3-11,13-14,16,24-25,28H,12,15H2,1-2H3/t16-,24?,25?,28+/m1/s1. The van der Waals surface area contributed by atoms with E-state index in [-0.39, 0.29) is 30.5 Å². The Morgan fingerprint density at radius 2 is 1.60 bits per heavy atom. The van der Waals surface area contributed by atoms with E-state index in [1.165, 1.54) is 38.3 Å². The predicted molar refractivity (Wildman–Crippen MR) is 138 cm³/mol. The predicted octanol–water partition coefficient (Wildman–Crippen LogP) is 7.20. The third-order valence-corrected chi connectivity index (χ3v) is 7.57. The van der Waals surface area contributed by atoms with Crippen molar-refractivity contribution in [3.63, 3.8) is 0 Å². The van der Waals surface area contributed by atoms with E-state index in [4.69, 9.17) is 9.47 Å². The average molecular weight is 595 g/mol. The van der Waals surface area contributed by atoms with E-state index in [1.807, 2.05) is 6.08 Å². The van der Waals surface area contributed by atoms with E-state index in [2.05, 4.69) is 4.98 Å². The number of carbonyl (C=O) groups is 1. The first-order valence-electron chi connectivity index (χ1n) is 13.0. The van der Waals surface area contributed by atoms with Crippen molar-refractivity contribution in [2.45, 2.75) is 49.9 Å². The summed E-state index contributed by atoms with van der Waals surface area (Å²) >= 11 is 0. The molecule has 1 fully saturated rings. The van der Waals surface area contributed by atoms with E-state index >= 15 is 0 Å². The van der Waals surface area contributed by atoms with E-state index in [1.54, 1.807) is 23.2 Å². The number of benzene rings is 2. The van der Waals surface area contributed by atoms with E-state index in [0.717, 1.165) is 0 Å². The highest BCUT2D eigenvalue weighted by Crippen LogP contribution is 2.44. The highest BCUT2D eigenvalue weighted by atomic mass is 19.4. The quantitative estimate of drug-likeness (QED) is 0.284. The van der Waals surface area contributed by atoms with Crippen LogP contribution in [0.2, 0.25) is 0 Å². The molecule has 0 radical (unpaired) electrons. The van der Waals surface area contributed by atoms with E-state index < -0.39 is 53.5 Å². The van der Waals surface area contributed by atoms with Gasteiger partial charge in [0.25, 0.3) is 0 Å². The zero-order valence-electron chi connectivity index (χ0n) is 22.3. The van der Waals surface area contributed by atoms with Gasteiger partial charge >= 0.3 is 12.4 Å². The van der Waals surface area contributed by atoms with Crippen LogP contribution in [0.5, 0.6) is 5.88 Å². The second-order valence-corrected chi connectivity index (χ2v) is 10.2. The molecule has 1 amide bonds. The summed E-state index contributed by atoms with van der Waals surface area (Å²) in [5, 5.41) is 0. The maximum atomic E-state index is 13.8. The fraction of sp³-hybridized carbons (Fsp3) is 0.333. The number of ether oxygens (including phenoxy) is 2. The van der Waals surface area contributed by atoms with Gasteiger partial charge < -0.3 is 14.4 Å². The van der Waals surface area contributed by atoms with Crippen LogP contribution in [0, 0.1) is 5.82 Å². The summed E-state index contributed by atoms with van der Waals surface area (Å²) in [6.07, 6.45) is -8.56. The number of carbonyl (C=O) groups excluding carboxylic acids is 1. The third-order valence-electron chi connectivity index (χ3n) is 7.57. The van der Waals surface area contributed by atoms with Crippen LogP contribution in [0.4, 0.5) is 30.7 Å². The number of rotatable bonds is 6. The first kappa shape index (κ1) is 29.6. The summed E-state index contributed by atoms with van der Waals surface area (Å²) in [6.45, 7) is 1.40. The molecule has 2 aliphatic rings. The highest BCUT2D eigenvalue weighted by Gasteiger charge is 2.47. The summed E-state index contributed by atoms with van der Waals surface area (Å²) < 4.78 is 106. The van der Waals surface area contributed by atoms with Crippen LogP contribution in [-0.4, -0.2) is 41.6 Å². The molecule has 12 heteroatoms. The van der Waals surface area contributed by atoms with Gasteiger partial charge in [-0.2, -0.15) is 26.3 Å². The number of alkyl halides is 6. The number of hydrogen-bond acceptors (Lipinski definition) is 4. The second kappa shape index (κ2) is 11.0. The molecule has 0 spiro atoms. The Balaban J connectivity index is 1.51. The van der Waals surface area contributed by atoms with Crippen LogP contribution < -0.4 is 4.74 Å². The molecule has 222 valence electrons. The fourth-order valence-electron chi connectivity index (χ4n) is 5.50. The smallest absolute Gasteiger partial charge is 0.416 e. The van der Waals surface area contributed by atoms with E-state index in [0.29, 0.717) is 34.7 Å². The summed E-state index contributed by atoms with van der Waals surface area (Å²) in [5.41, 5.74) is -1.24. The molecule has 1 saturated heterocycles. The SMILES string of the molecule is COc1ccc(C2=CC3[C@H](c4ccc(F)cc4)C(O[C@H](C)c4cc(C(F)(F)F)cc(C(F)(F)F)c4)CN3C(=O)C2)cn1. The lowest BCUT2D eigenvalue weighted by molar-refractivity contribution is -0.143. The monoisotopic (exact) mass is 594 g/mol. The van der Waals surface area contributed by atoms with Gasteiger partial charge in [0.05, 0.1) is 42.9 Å². The van der Waals surface area contributed by atoms with Crippen LogP contribution in [0.3, 0.4) is 0 Å². The molecule has 3 heterocycles. The van der Waals surface area contributed by atoms with Gasteiger partial charge in [-0.3, -0.25) is 4.79 Å². The number of halogens is 7. The van der Waals surface area contributed by atoms with Gasteiger partial charge in [0.2, 0.25) is 11.8 Å². The number of amides is 1. The molecule has 2 unspecified atom stereocenters. The Hall–Kier alpha value is -3.93. The van der Waals surface area contributed by atoms with E-state index in [9.17, 15) is 35.5 Å². The average Bonchev–Trinajstić information content (AvgIpc) is 3.30. The van der Waals surface area contributed by atoms with Crippen molar-refractivity contribution in [1.82, 2.24) is 9.88 Å². The number of pyridine rings is 1. The fourth-order valence-corrected chi connectivity index (χ4v) is 5.50. The molecule has 2 aliphatic heterocycles. The minimum atomic E-state index is -5.01. The van der Waals surface area contributed by atoms with Gasteiger partial charge in [0.15, 0.2) is 0 Å². The van der Waals surface area contributed by atoms with Crippen molar-refractivity contribution < 1.29 is 45.0 Å². The lowest BCUT2D eigenvalue weighted by Crippen LogP contribution is -2.39. The van der Waals surface area contributed by atoms with Crippen molar-refractivity contribution in [2.24, 2.45) is 0 Å². The number of aromatic nitrogens is 1. The molecule has 4 atom stereocenters. The molecule has 5 rings (SSSR count). The van der Waals surface area contributed by atoms with Crippen LogP contribution in [0.1, 0.15) is 53.2 Å². The maximum Gasteiger partial charge on any atom is 0.416 e. The van der Waals surface area contributed by atoms with Crippen LogP contribution in [-0.2, 0) is 21.9 Å². The highest BCUT2D eigenvalue weighted by molar-refractivity contribution is 5.92. The largest absolute Gasteiger partial charge is 0.481 e. The zero-order chi connectivity index (χ0) is 30.4. The Kier molecular flexibility index (Phi) is 7.78. The first-order valence-corrected chi connectivity index (χ1v) is 13.0. The molecule has 2 aromatic carbocycles. The minimum absolute atomic E-state index is 0.0333. The molecule has 0 saturated carbocycles. The van der Waals surface area contributed by atoms with Crippen molar-refractivity contribution >= 4 is 11.5 Å². The number of hydrogen-bond donors (Lipinski definition) is 0. The lowest BCUT2D eigenvalue weighted by Gasteiger charge is -2.31. The summed E-state index contributed by atoms with van der Waals surface area (Å²) in [4.78, 5) is 19.1. The number of fused-ring (bicyclic) bond motifs is 1. The minimum Gasteiger partial charge on any atom is -0.481 e. The molecular weight excluding hydrogens is 569 g/mol. The van der Waals surface area contributed by atoms with Crippen LogP contribution >= 0.6 is 0 Å². The molecular formula is C30H25F7N2O3. The Morgan fingerprint density at radius 1 is 0.952 bits per heavy atom.